The topological polar surface area (TPSA) is 114 Å². The van der Waals surface area contributed by atoms with E-state index in [1.807, 2.05) is 31.2 Å². The molecule has 0 aliphatic carbocycles. The van der Waals surface area contributed by atoms with Crippen LogP contribution >= 0.6 is 0 Å². The predicted octanol–water partition coefficient (Wildman–Crippen LogP) is 0.826. The molecule has 3 rings (SSSR count). The highest BCUT2D eigenvalue weighted by atomic mass is 32.2. The lowest BCUT2D eigenvalue weighted by Gasteiger charge is -2.22. The van der Waals surface area contributed by atoms with Gasteiger partial charge < -0.3 is 20.1 Å². The number of hydrogen-bond donors (Lipinski definition) is 2. The van der Waals surface area contributed by atoms with Gasteiger partial charge >= 0.3 is 11.8 Å². The largest absolute Gasteiger partial charge is 0.496 e. The molecule has 1 atom stereocenters. The number of sulfonamides is 1. The Kier molecular flexibility index (Phi) is 7.84. The van der Waals surface area contributed by atoms with Crippen molar-refractivity contribution < 1.29 is 27.5 Å². The van der Waals surface area contributed by atoms with Gasteiger partial charge in [0, 0.05) is 13.1 Å². The molecule has 2 amide bonds. The highest BCUT2D eigenvalue weighted by Crippen LogP contribution is 2.22. The quantitative estimate of drug-likeness (QED) is 0.563. The second kappa shape index (κ2) is 10.6. The Balaban J connectivity index is 1.51. The van der Waals surface area contributed by atoms with Crippen LogP contribution in [-0.2, 0) is 30.8 Å². The van der Waals surface area contributed by atoms with Crippen molar-refractivity contribution >= 4 is 21.8 Å². The molecule has 0 radical (unpaired) electrons. The number of amides is 2. The van der Waals surface area contributed by atoms with Gasteiger partial charge in [-0.3, -0.25) is 9.59 Å². The third-order valence-corrected chi connectivity index (χ3v) is 6.99. The molecule has 0 aromatic heterocycles. The monoisotopic (exact) mass is 461 g/mol. The maximum Gasteiger partial charge on any atom is 0.309 e. The molecule has 1 fully saturated rings. The molecule has 1 saturated heterocycles. The SMILES string of the molecule is COc1ccccc1CCNC(=O)C(=O)NC[C@@H]1OCCN1S(=O)(=O)c1ccc(C)cc1. The molecule has 2 N–H and O–H groups in total. The van der Waals surface area contributed by atoms with Crippen molar-refractivity contribution in [3.8, 4) is 5.75 Å². The van der Waals surface area contributed by atoms with Gasteiger partial charge in [0.2, 0.25) is 10.0 Å². The standard InChI is InChI=1S/C22H27N3O6S/c1-16-7-9-18(10-8-16)32(28,29)25-13-14-31-20(25)15-24-22(27)21(26)23-12-11-17-5-3-4-6-19(17)30-2/h3-10,20H,11-15H2,1-2H3,(H,23,26)(H,24,27)/t20-/m0/s1. The molecule has 0 unspecified atom stereocenters. The molecule has 0 saturated carbocycles. The predicted molar refractivity (Wildman–Crippen MR) is 118 cm³/mol. The Morgan fingerprint density at radius 1 is 1.09 bits per heavy atom. The molecule has 9 nitrogen and oxygen atoms in total. The first-order valence-corrected chi connectivity index (χ1v) is 11.6. The van der Waals surface area contributed by atoms with Crippen molar-refractivity contribution in [1.82, 2.24) is 14.9 Å². The average Bonchev–Trinajstić information content (AvgIpc) is 3.27. The molecule has 32 heavy (non-hydrogen) atoms. The minimum absolute atomic E-state index is 0.135. The lowest BCUT2D eigenvalue weighted by molar-refractivity contribution is -0.139. The summed E-state index contributed by atoms with van der Waals surface area (Å²) in [5.41, 5.74) is 1.86. The Morgan fingerprint density at radius 2 is 1.78 bits per heavy atom. The molecule has 2 aromatic carbocycles. The zero-order chi connectivity index (χ0) is 23.1. The molecule has 0 spiro atoms. The Morgan fingerprint density at radius 3 is 2.50 bits per heavy atom. The van der Waals surface area contributed by atoms with E-state index in [4.69, 9.17) is 9.47 Å². The van der Waals surface area contributed by atoms with Crippen LogP contribution in [0.25, 0.3) is 0 Å². The number of aryl methyl sites for hydroxylation is 1. The summed E-state index contributed by atoms with van der Waals surface area (Å²) in [6.07, 6.45) is -0.385. The smallest absolute Gasteiger partial charge is 0.309 e. The number of carbonyl (C=O) groups is 2. The summed E-state index contributed by atoms with van der Waals surface area (Å²) in [4.78, 5) is 24.4. The van der Waals surface area contributed by atoms with E-state index in [0.29, 0.717) is 12.2 Å². The Hall–Kier alpha value is -2.95. The second-order valence-corrected chi connectivity index (χ2v) is 9.17. The van der Waals surface area contributed by atoms with E-state index in [0.717, 1.165) is 11.1 Å². The van der Waals surface area contributed by atoms with Gasteiger partial charge in [-0.2, -0.15) is 4.31 Å². The van der Waals surface area contributed by atoms with Crippen molar-refractivity contribution in [1.29, 1.82) is 0 Å². The average molecular weight is 462 g/mol. The minimum Gasteiger partial charge on any atom is -0.496 e. The van der Waals surface area contributed by atoms with E-state index in [9.17, 15) is 18.0 Å². The number of carbonyl (C=O) groups excluding carboxylic acids is 2. The number of para-hydroxylation sites is 1. The van der Waals surface area contributed by atoms with Crippen molar-refractivity contribution in [2.75, 3.05) is 33.4 Å². The van der Waals surface area contributed by atoms with Gasteiger partial charge in [0.1, 0.15) is 12.0 Å². The maximum atomic E-state index is 12.9. The first-order chi connectivity index (χ1) is 15.3. The number of benzene rings is 2. The normalized spacial score (nSPS) is 16.5. The molecule has 2 aromatic rings. The van der Waals surface area contributed by atoms with Crippen LogP contribution in [0, 0.1) is 6.92 Å². The fourth-order valence-corrected chi connectivity index (χ4v) is 4.86. The lowest BCUT2D eigenvalue weighted by Crippen LogP contribution is -2.47. The highest BCUT2D eigenvalue weighted by Gasteiger charge is 2.36. The number of hydrogen-bond acceptors (Lipinski definition) is 6. The zero-order valence-electron chi connectivity index (χ0n) is 18.0. The summed E-state index contributed by atoms with van der Waals surface area (Å²) in [7, 11) is -2.21. The molecule has 10 heteroatoms. The number of nitrogens with one attached hydrogen (secondary N) is 2. The number of rotatable bonds is 8. The molecule has 1 heterocycles. The number of nitrogens with zero attached hydrogens (tertiary/aromatic N) is 1. The van der Waals surface area contributed by atoms with Crippen molar-refractivity contribution in [3.05, 3.63) is 59.7 Å². The van der Waals surface area contributed by atoms with Crippen LogP contribution in [0.3, 0.4) is 0 Å². The second-order valence-electron chi connectivity index (χ2n) is 7.28. The fraction of sp³-hybridized carbons (Fsp3) is 0.364. The van der Waals surface area contributed by atoms with E-state index in [1.54, 1.807) is 19.2 Å². The highest BCUT2D eigenvalue weighted by molar-refractivity contribution is 7.89. The van der Waals surface area contributed by atoms with Crippen molar-refractivity contribution in [3.63, 3.8) is 0 Å². The third-order valence-electron chi connectivity index (χ3n) is 5.09. The fourth-order valence-electron chi connectivity index (χ4n) is 3.35. The molecule has 172 valence electrons. The van der Waals surface area contributed by atoms with Crippen LogP contribution in [0.2, 0.25) is 0 Å². The van der Waals surface area contributed by atoms with Crippen LogP contribution in [0.1, 0.15) is 11.1 Å². The first-order valence-electron chi connectivity index (χ1n) is 10.2. The van der Waals surface area contributed by atoms with E-state index in [1.165, 1.54) is 16.4 Å². The van der Waals surface area contributed by atoms with E-state index >= 15 is 0 Å². The van der Waals surface area contributed by atoms with Crippen LogP contribution in [0.15, 0.2) is 53.4 Å². The van der Waals surface area contributed by atoms with Gasteiger partial charge in [0.05, 0.1) is 25.2 Å². The summed E-state index contributed by atoms with van der Waals surface area (Å²) >= 11 is 0. The van der Waals surface area contributed by atoms with Gasteiger partial charge in [-0.1, -0.05) is 35.9 Å². The zero-order valence-corrected chi connectivity index (χ0v) is 18.9. The number of ether oxygens (including phenoxy) is 2. The van der Waals surface area contributed by atoms with E-state index in [-0.39, 0.29) is 31.1 Å². The van der Waals surface area contributed by atoms with Gasteiger partial charge in [-0.05, 0) is 37.1 Å². The molecule has 1 aliphatic heterocycles. The maximum absolute atomic E-state index is 12.9. The summed E-state index contributed by atoms with van der Waals surface area (Å²) in [6, 6.07) is 13.9. The third kappa shape index (κ3) is 5.64. The first kappa shape index (κ1) is 23.7. The van der Waals surface area contributed by atoms with E-state index < -0.39 is 28.1 Å². The Labute approximate surface area is 187 Å². The summed E-state index contributed by atoms with van der Waals surface area (Å²) in [5.74, 6) is -0.946. The summed E-state index contributed by atoms with van der Waals surface area (Å²) in [6.45, 7) is 2.36. The summed E-state index contributed by atoms with van der Waals surface area (Å²) < 4.78 is 37.7. The van der Waals surface area contributed by atoms with Gasteiger partial charge in [-0.25, -0.2) is 8.42 Å². The molecule has 1 aliphatic rings. The van der Waals surface area contributed by atoms with Crippen LogP contribution in [0.5, 0.6) is 5.75 Å². The van der Waals surface area contributed by atoms with Gasteiger partial charge in [-0.15, -0.1) is 0 Å². The van der Waals surface area contributed by atoms with Crippen LogP contribution < -0.4 is 15.4 Å². The van der Waals surface area contributed by atoms with Gasteiger partial charge in [0.15, 0.2) is 0 Å². The molecular formula is C22H27N3O6S. The lowest BCUT2D eigenvalue weighted by atomic mass is 10.1. The Bertz CT molecular complexity index is 1060. The van der Waals surface area contributed by atoms with Crippen LogP contribution in [-0.4, -0.2) is 64.1 Å². The molecule has 0 bridgehead atoms. The summed E-state index contributed by atoms with van der Waals surface area (Å²) in [5, 5.41) is 5.00. The van der Waals surface area contributed by atoms with Gasteiger partial charge in [0.25, 0.3) is 0 Å². The molecular weight excluding hydrogens is 434 g/mol. The van der Waals surface area contributed by atoms with Crippen molar-refractivity contribution in [2.45, 2.75) is 24.5 Å². The number of methoxy groups -OCH3 is 1. The van der Waals surface area contributed by atoms with E-state index in [2.05, 4.69) is 10.6 Å². The van der Waals surface area contributed by atoms with Crippen LogP contribution in [0.4, 0.5) is 0 Å². The minimum atomic E-state index is -3.78. The van der Waals surface area contributed by atoms with Crippen molar-refractivity contribution in [2.24, 2.45) is 0 Å².